The molecule has 0 bridgehead atoms. The Balaban J connectivity index is 1.54. The highest BCUT2D eigenvalue weighted by Gasteiger charge is 2.17. The summed E-state index contributed by atoms with van der Waals surface area (Å²) in [4.78, 5) is 24.5. The number of nitrogens with one attached hydrogen (secondary N) is 1. The quantitative estimate of drug-likeness (QED) is 0.451. The molecule has 0 aliphatic rings. The molecule has 0 radical (unpaired) electrons. The summed E-state index contributed by atoms with van der Waals surface area (Å²) < 4.78 is 1.72. The first-order chi connectivity index (χ1) is 14.6. The molecule has 0 unspecified atom stereocenters. The predicted octanol–water partition coefficient (Wildman–Crippen LogP) is 4.50. The summed E-state index contributed by atoms with van der Waals surface area (Å²) in [5.74, 6) is -1.02. The maximum atomic E-state index is 12.1. The van der Waals surface area contributed by atoms with E-state index in [0.717, 1.165) is 11.1 Å². The van der Waals surface area contributed by atoms with Gasteiger partial charge in [0.1, 0.15) is 6.54 Å². The molecular weight excluding hydrogens is 400 g/mol. The molecule has 0 saturated heterocycles. The Bertz CT molecular complexity index is 1210. The summed E-state index contributed by atoms with van der Waals surface area (Å²) in [5.41, 5.74) is 2.02. The van der Waals surface area contributed by atoms with Crippen molar-refractivity contribution in [3.05, 3.63) is 82.6 Å². The Morgan fingerprint density at radius 3 is 2.53 bits per heavy atom. The van der Waals surface area contributed by atoms with E-state index in [1.54, 1.807) is 22.1 Å². The van der Waals surface area contributed by atoms with E-state index >= 15 is 0 Å². The van der Waals surface area contributed by atoms with Crippen molar-refractivity contribution in [3.8, 4) is 5.88 Å². The lowest BCUT2D eigenvalue weighted by Gasteiger charge is -2.06. The second-order valence-electron chi connectivity index (χ2n) is 6.51. The van der Waals surface area contributed by atoms with Gasteiger partial charge in [-0.15, -0.1) is 21.6 Å². The van der Waals surface area contributed by atoms with Crippen molar-refractivity contribution in [1.82, 2.24) is 9.88 Å². The number of rotatable bonds is 6. The van der Waals surface area contributed by atoms with Crippen LogP contribution >= 0.6 is 11.3 Å². The van der Waals surface area contributed by atoms with Crippen molar-refractivity contribution < 1.29 is 14.7 Å². The fraction of sp³-hybridized carbons (Fsp3) is 0.0909. The Kier molecular flexibility index (Phi) is 5.67. The van der Waals surface area contributed by atoms with E-state index < -0.39 is 5.91 Å². The van der Waals surface area contributed by atoms with Gasteiger partial charge in [-0.1, -0.05) is 54.6 Å². The van der Waals surface area contributed by atoms with E-state index in [1.165, 1.54) is 11.3 Å². The number of carbonyl (C=O) groups excluding carboxylic acids is 2. The molecule has 2 N–H and O–H groups in total. The number of azo groups is 1. The fourth-order valence-electron chi connectivity index (χ4n) is 3.09. The van der Waals surface area contributed by atoms with E-state index in [2.05, 4.69) is 15.5 Å². The lowest BCUT2D eigenvalue weighted by atomic mass is 10.2. The van der Waals surface area contributed by atoms with Crippen LogP contribution in [0.3, 0.4) is 0 Å². The van der Waals surface area contributed by atoms with Gasteiger partial charge >= 0.3 is 0 Å². The van der Waals surface area contributed by atoms with Gasteiger partial charge in [-0.2, -0.15) is 0 Å². The SMILES string of the molecule is O=C(CNC(=O)c1cccs1)N=Nc1c(O)n(Cc2ccccc2)c2ccccc12. The number of nitrogens with zero attached hydrogens (tertiary/aromatic N) is 3. The van der Waals surface area contributed by atoms with Crippen LogP contribution in [0.4, 0.5) is 5.69 Å². The van der Waals surface area contributed by atoms with Crippen LogP contribution in [0.2, 0.25) is 0 Å². The minimum absolute atomic E-state index is 0.0702. The summed E-state index contributed by atoms with van der Waals surface area (Å²) in [6.07, 6.45) is 0. The number of hydrogen-bond acceptors (Lipinski definition) is 5. The summed E-state index contributed by atoms with van der Waals surface area (Å²) >= 11 is 1.29. The first-order valence-corrected chi connectivity index (χ1v) is 10.1. The summed E-state index contributed by atoms with van der Waals surface area (Å²) in [7, 11) is 0. The third-order valence-electron chi connectivity index (χ3n) is 4.51. The highest BCUT2D eigenvalue weighted by Crippen LogP contribution is 2.39. The van der Waals surface area contributed by atoms with Crippen molar-refractivity contribution in [2.45, 2.75) is 6.54 Å². The summed E-state index contributed by atoms with van der Waals surface area (Å²) in [6, 6.07) is 20.6. The number of para-hydroxylation sites is 1. The highest BCUT2D eigenvalue weighted by molar-refractivity contribution is 7.12. The van der Waals surface area contributed by atoms with E-state index in [4.69, 9.17) is 0 Å². The molecule has 0 aliphatic carbocycles. The van der Waals surface area contributed by atoms with Gasteiger partial charge < -0.3 is 15.0 Å². The largest absolute Gasteiger partial charge is 0.493 e. The van der Waals surface area contributed by atoms with Gasteiger partial charge in [0.15, 0.2) is 5.69 Å². The van der Waals surface area contributed by atoms with Gasteiger partial charge in [-0.25, -0.2) is 0 Å². The number of fused-ring (bicyclic) bond motifs is 1. The Morgan fingerprint density at radius 1 is 1.00 bits per heavy atom. The number of benzene rings is 2. The molecule has 8 heteroatoms. The maximum absolute atomic E-state index is 12.1. The molecule has 7 nitrogen and oxygen atoms in total. The molecule has 4 aromatic rings. The van der Waals surface area contributed by atoms with Gasteiger partial charge in [0, 0.05) is 5.39 Å². The lowest BCUT2D eigenvalue weighted by molar-refractivity contribution is -0.117. The minimum Gasteiger partial charge on any atom is -0.493 e. The average molecular weight is 418 g/mol. The molecule has 0 atom stereocenters. The lowest BCUT2D eigenvalue weighted by Crippen LogP contribution is -2.27. The molecule has 0 spiro atoms. The molecule has 2 amide bonds. The summed E-state index contributed by atoms with van der Waals surface area (Å²) in [6.45, 7) is 0.178. The zero-order valence-electron chi connectivity index (χ0n) is 15.9. The van der Waals surface area contributed by atoms with Crippen molar-refractivity contribution in [1.29, 1.82) is 0 Å². The Morgan fingerprint density at radius 2 is 1.77 bits per heavy atom. The molecule has 4 rings (SSSR count). The Hall–Kier alpha value is -3.78. The van der Waals surface area contributed by atoms with Gasteiger partial charge in [0.25, 0.3) is 11.8 Å². The van der Waals surface area contributed by atoms with Gasteiger partial charge in [0.2, 0.25) is 5.88 Å². The third kappa shape index (κ3) is 4.13. The Labute approximate surface area is 176 Å². The first kappa shape index (κ1) is 19.5. The van der Waals surface area contributed by atoms with Gasteiger partial charge in [0.05, 0.1) is 16.9 Å². The second-order valence-corrected chi connectivity index (χ2v) is 7.46. The number of aromatic nitrogens is 1. The van der Waals surface area contributed by atoms with Gasteiger partial charge in [-0.3, -0.25) is 9.59 Å². The van der Waals surface area contributed by atoms with Crippen molar-refractivity contribution in [2.75, 3.05) is 6.54 Å². The minimum atomic E-state index is -0.612. The molecule has 2 aromatic heterocycles. The van der Waals surface area contributed by atoms with Crippen LogP contribution in [0.5, 0.6) is 5.88 Å². The monoisotopic (exact) mass is 418 g/mol. The topological polar surface area (TPSA) is 96.1 Å². The van der Waals surface area contributed by atoms with Gasteiger partial charge in [-0.05, 0) is 23.1 Å². The second kappa shape index (κ2) is 8.71. The van der Waals surface area contributed by atoms with Crippen LogP contribution in [0.1, 0.15) is 15.2 Å². The highest BCUT2D eigenvalue weighted by atomic mass is 32.1. The maximum Gasteiger partial charge on any atom is 0.283 e. The molecule has 30 heavy (non-hydrogen) atoms. The molecule has 2 aromatic carbocycles. The molecule has 150 valence electrons. The van der Waals surface area contributed by atoms with Crippen molar-refractivity contribution >= 4 is 39.7 Å². The molecule has 0 aliphatic heterocycles. The number of hydrogen-bond donors (Lipinski definition) is 2. The zero-order valence-corrected chi connectivity index (χ0v) is 16.7. The van der Waals surface area contributed by atoms with Crippen LogP contribution in [0, 0.1) is 0 Å². The smallest absolute Gasteiger partial charge is 0.283 e. The average Bonchev–Trinajstić information content (AvgIpc) is 3.39. The van der Waals surface area contributed by atoms with E-state index in [-0.39, 0.29) is 24.0 Å². The number of thiophene rings is 1. The summed E-state index contributed by atoms with van der Waals surface area (Å²) in [5, 5.41) is 23.4. The van der Waals surface area contributed by atoms with Crippen molar-refractivity contribution in [2.24, 2.45) is 10.2 Å². The molecule has 2 heterocycles. The van der Waals surface area contributed by atoms with Crippen LogP contribution in [-0.4, -0.2) is 28.0 Å². The third-order valence-corrected chi connectivity index (χ3v) is 5.38. The van der Waals surface area contributed by atoms with Crippen LogP contribution in [0.25, 0.3) is 10.9 Å². The predicted molar refractivity (Wildman–Crippen MR) is 115 cm³/mol. The van der Waals surface area contributed by atoms with E-state index in [0.29, 0.717) is 16.8 Å². The van der Waals surface area contributed by atoms with E-state index in [1.807, 2.05) is 54.6 Å². The molecular formula is C22H18N4O3S. The van der Waals surface area contributed by atoms with Crippen LogP contribution in [0.15, 0.2) is 82.3 Å². The normalized spacial score (nSPS) is 11.2. The van der Waals surface area contributed by atoms with Crippen LogP contribution in [-0.2, 0) is 11.3 Å². The molecule has 0 saturated carbocycles. The molecule has 0 fully saturated rings. The van der Waals surface area contributed by atoms with Crippen LogP contribution < -0.4 is 5.32 Å². The number of carbonyl (C=O) groups is 2. The van der Waals surface area contributed by atoms with E-state index in [9.17, 15) is 14.7 Å². The number of amides is 2. The zero-order chi connectivity index (χ0) is 20.9. The van der Waals surface area contributed by atoms with Crippen molar-refractivity contribution in [3.63, 3.8) is 0 Å². The first-order valence-electron chi connectivity index (χ1n) is 9.24. The standard InChI is InChI=1S/C22H18N4O3S/c27-19(13-23-21(28)18-11-6-12-30-18)24-25-20-16-9-4-5-10-17(16)26(22(20)29)14-15-7-2-1-3-8-15/h1-12,29H,13-14H2,(H,23,28). The fourth-order valence-corrected chi connectivity index (χ4v) is 3.73. The number of aromatic hydroxyl groups is 1.